The van der Waals surface area contributed by atoms with Crippen LogP contribution < -0.4 is 0 Å². The SMILES string of the molecule is Cc1cccc(C)c1C=Cc1cccc(CN(C)C)c1. The van der Waals surface area contributed by atoms with Gasteiger partial charge in [-0.3, -0.25) is 0 Å². The van der Waals surface area contributed by atoms with Crippen molar-refractivity contribution < 1.29 is 0 Å². The third-order valence-corrected chi connectivity index (χ3v) is 3.43. The quantitative estimate of drug-likeness (QED) is 0.734. The van der Waals surface area contributed by atoms with Crippen molar-refractivity contribution in [3.05, 3.63) is 70.3 Å². The second kappa shape index (κ2) is 6.53. The lowest BCUT2D eigenvalue weighted by molar-refractivity contribution is 0.402. The van der Waals surface area contributed by atoms with Gasteiger partial charge in [-0.1, -0.05) is 54.6 Å². The minimum atomic E-state index is 0.977. The first-order chi connectivity index (χ1) is 9.56. The maximum atomic E-state index is 2.25. The molecule has 0 N–H and O–H groups in total. The van der Waals surface area contributed by atoms with Crippen LogP contribution in [0.4, 0.5) is 0 Å². The van der Waals surface area contributed by atoms with Crippen LogP contribution in [0.3, 0.4) is 0 Å². The molecule has 0 aliphatic rings. The number of benzene rings is 2. The third kappa shape index (κ3) is 3.82. The average molecular weight is 265 g/mol. The Bertz CT molecular complexity index is 589. The maximum Gasteiger partial charge on any atom is 0.0227 e. The summed E-state index contributed by atoms with van der Waals surface area (Å²) in [5.74, 6) is 0. The van der Waals surface area contributed by atoms with Gasteiger partial charge < -0.3 is 4.90 Å². The van der Waals surface area contributed by atoms with E-state index >= 15 is 0 Å². The second-order valence-electron chi connectivity index (χ2n) is 5.62. The van der Waals surface area contributed by atoms with Crippen LogP contribution in [0.5, 0.6) is 0 Å². The zero-order valence-corrected chi connectivity index (χ0v) is 12.9. The lowest BCUT2D eigenvalue weighted by Gasteiger charge is -2.10. The zero-order valence-electron chi connectivity index (χ0n) is 12.9. The van der Waals surface area contributed by atoms with E-state index in [4.69, 9.17) is 0 Å². The highest BCUT2D eigenvalue weighted by Crippen LogP contribution is 2.17. The molecule has 0 amide bonds. The van der Waals surface area contributed by atoms with Gasteiger partial charge in [0.05, 0.1) is 0 Å². The Morgan fingerprint density at radius 2 is 1.55 bits per heavy atom. The Hall–Kier alpha value is -1.86. The normalized spacial score (nSPS) is 11.4. The van der Waals surface area contributed by atoms with Crippen molar-refractivity contribution in [2.75, 3.05) is 14.1 Å². The maximum absolute atomic E-state index is 2.25. The minimum absolute atomic E-state index is 0.977. The summed E-state index contributed by atoms with van der Waals surface area (Å²) in [5, 5.41) is 0. The van der Waals surface area contributed by atoms with Crippen LogP contribution in [0.1, 0.15) is 27.8 Å². The first-order valence-corrected chi connectivity index (χ1v) is 7.04. The molecule has 2 rings (SSSR count). The Morgan fingerprint density at radius 1 is 0.900 bits per heavy atom. The van der Waals surface area contributed by atoms with Gasteiger partial charge >= 0.3 is 0 Å². The van der Waals surface area contributed by atoms with Crippen LogP contribution in [-0.4, -0.2) is 19.0 Å². The van der Waals surface area contributed by atoms with Crippen molar-refractivity contribution in [3.8, 4) is 0 Å². The lowest BCUT2D eigenvalue weighted by atomic mass is 10.0. The van der Waals surface area contributed by atoms with Crippen molar-refractivity contribution >= 4 is 12.2 Å². The molecule has 104 valence electrons. The molecule has 1 nitrogen and oxygen atoms in total. The molecule has 0 radical (unpaired) electrons. The van der Waals surface area contributed by atoms with Crippen LogP contribution in [0.2, 0.25) is 0 Å². The molecule has 0 saturated carbocycles. The Kier molecular flexibility index (Phi) is 4.75. The smallest absolute Gasteiger partial charge is 0.0227 e. The van der Waals surface area contributed by atoms with Gasteiger partial charge in [-0.15, -0.1) is 0 Å². The highest BCUT2D eigenvalue weighted by atomic mass is 15.0. The van der Waals surface area contributed by atoms with E-state index in [1.807, 2.05) is 0 Å². The summed E-state index contributed by atoms with van der Waals surface area (Å²) >= 11 is 0. The van der Waals surface area contributed by atoms with Crippen LogP contribution in [0, 0.1) is 13.8 Å². The molecule has 20 heavy (non-hydrogen) atoms. The van der Waals surface area contributed by atoms with Gasteiger partial charge in [-0.05, 0) is 55.8 Å². The summed E-state index contributed by atoms with van der Waals surface area (Å²) in [7, 11) is 4.19. The molecule has 0 spiro atoms. The van der Waals surface area contributed by atoms with Gasteiger partial charge in [0.1, 0.15) is 0 Å². The Morgan fingerprint density at radius 3 is 2.20 bits per heavy atom. The molecular formula is C19H23N. The predicted octanol–water partition coefficient (Wildman–Crippen LogP) is 4.54. The number of rotatable bonds is 4. The van der Waals surface area contributed by atoms with Crippen LogP contribution in [0.15, 0.2) is 42.5 Å². The molecular weight excluding hydrogens is 242 g/mol. The van der Waals surface area contributed by atoms with Crippen LogP contribution in [-0.2, 0) is 6.54 Å². The van der Waals surface area contributed by atoms with E-state index in [1.54, 1.807) is 0 Å². The zero-order chi connectivity index (χ0) is 14.5. The third-order valence-electron chi connectivity index (χ3n) is 3.43. The summed E-state index contributed by atoms with van der Waals surface area (Å²) in [6.45, 7) is 5.30. The summed E-state index contributed by atoms with van der Waals surface area (Å²) in [4.78, 5) is 2.19. The van der Waals surface area contributed by atoms with E-state index < -0.39 is 0 Å². The van der Waals surface area contributed by atoms with Gasteiger partial charge in [-0.25, -0.2) is 0 Å². The van der Waals surface area contributed by atoms with Gasteiger partial charge in [0.25, 0.3) is 0 Å². The summed E-state index contributed by atoms with van der Waals surface area (Å²) in [6.07, 6.45) is 4.42. The fourth-order valence-corrected chi connectivity index (χ4v) is 2.43. The van der Waals surface area contributed by atoms with E-state index in [2.05, 4.69) is 87.5 Å². The van der Waals surface area contributed by atoms with Crippen molar-refractivity contribution in [3.63, 3.8) is 0 Å². The molecule has 0 aliphatic heterocycles. The van der Waals surface area contributed by atoms with Gasteiger partial charge in [-0.2, -0.15) is 0 Å². The number of hydrogen-bond acceptors (Lipinski definition) is 1. The summed E-state index contributed by atoms with van der Waals surface area (Å²) in [5.41, 5.74) is 6.58. The summed E-state index contributed by atoms with van der Waals surface area (Å²) < 4.78 is 0. The van der Waals surface area contributed by atoms with E-state index in [0.717, 1.165) is 6.54 Å². The molecule has 1 heteroatoms. The molecule has 0 atom stereocenters. The molecule has 0 heterocycles. The van der Waals surface area contributed by atoms with Crippen molar-refractivity contribution in [1.82, 2.24) is 4.90 Å². The molecule has 0 unspecified atom stereocenters. The largest absolute Gasteiger partial charge is 0.305 e. The topological polar surface area (TPSA) is 3.24 Å². The lowest BCUT2D eigenvalue weighted by Crippen LogP contribution is -2.10. The monoisotopic (exact) mass is 265 g/mol. The van der Waals surface area contributed by atoms with Gasteiger partial charge in [0.2, 0.25) is 0 Å². The highest BCUT2D eigenvalue weighted by molar-refractivity contribution is 5.72. The minimum Gasteiger partial charge on any atom is -0.305 e. The molecule has 0 bridgehead atoms. The van der Waals surface area contributed by atoms with E-state index in [0.29, 0.717) is 0 Å². The second-order valence-corrected chi connectivity index (χ2v) is 5.62. The predicted molar refractivity (Wildman–Crippen MR) is 88.7 cm³/mol. The van der Waals surface area contributed by atoms with Gasteiger partial charge in [0, 0.05) is 6.54 Å². The van der Waals surface area contributed by atoms with Gasteiger partial charge in [0.15, 0.2) is 0 Å². The molecule has 2 aromatic carbocycles. The fraction of sp³-hybridized carbons (Fsp3) is 0.263. The van der Waals surface area contributed by atoms with E-state index in [9.17, 15) is 0 Å². The summed E-state index contributed by atoms with van der Waals surface area (Å²) in [6, 6.07) is 15.1. The first-order valence-electron chi connectivity index (χ1n) is 7.04. The van der Waals surface area contributed by atoms with E-state index in [1.165, 1.54) is 27.8 Å². The number of hydrogen-bond donors (Lipinski definition) is 0. The molecule has 0 fully saturated rings. The Balaban J connectivity index is 2.23. The molecule has 0 aromatic heterocycles. The van der Waals surface area contributed by atoms with Crippen molar-refractivity contribution in [2.24, 2.45) is 0 Å². The average Bonchev–Trinajstić information content (AvgIpc) is 2.38. The van der Waals surface area contributed by atoms with Crippen molar-refractivity contribution in [2.45, 2.75) is 20.4 Å². The Labute approximate surface area is 122 Å². The highest BCUT2D eigenvalue weighted by Gasteiger charge is 1.99. The standard InChI is InChI=1S/C19H23N/c1-15-7-5-8-16(2)19(15)12-11-17-9-6-10-18(13-17)14-20(3)4/h5-13H,14H2,1-4H3. The molecule has 2 aromatic rings. The first kappa shape index (κ1) is 14.5. The van der Waals surface area contributed by atoms with Crippen LogP contribution >= 0.6 is 0 Å². The fourth-order valence-electron chi connectivity index (χ4n) is 2.43. The number of aryl methyl sites for hydroxylation is 2. The van der Waals surface area contributed by atoms with Crippen molar-refractivity contribution in [1.29, 1.82) is 0 Å². The van der Waals surface area contributed by atoms with E-state index in [-0.39, 0.29) is 0 Å². The molecule has 0 saturated heterocycles. The molecule has 0 aliphatic carbocycles. The van der Waals surface area contributed by atoms with Crippen LogP contribution in [0.25, 0.3) is 12.2 Å². The number of nitrogens with zero attached hydrogens (tertiary/aromatic N) is 1.